The Balaban J connectivity index is 1.38. The summed E-state index contributed by atoms with van der Waals surface area (Å²) in [5.41, 5.74) is -1.45. The molecule has 4 aliphatic rings. The Morgan fingerprint density at radius 3 is 0.958 bits per heavy atom. The molecule has 4 fully saturated rings. The van der Waals surface area contributed by atoms with Gasteiger partial charge in [-0.1, -0.05) is 59.3 Å². The molecule has 0 bridgehead atoms. The van der Waals surface area contributed by atoms with E-state index in [2.05, 4.69) is 37.2 Å². The van der Waals surface area contributed by atoms with Gasteiger partial charge in [0.25, 0.3) is 0 Å². The topological polar surface area (TPSA) is 482 Å². The van der Waals surface area contributed by atoms with Crippen LogP contribution in [0.5, 0.6) is 0 Å². The number of Topliss-reactive ketones (excluding diaryl/α,β-unsaturated/α-hetero) is 1. The van der Waals surface area contributed by atoms with Gasteiger partial charge >= 0.3 is 35.8 Å². The van der Waals surface area contributed by atoms with Crippen molar-refractivity contribution >= 4 is 88.9 Å². The first-order valence-corrected chi connectivity index (χ1v) is 42.3. The molecule has 0 aromatic rings. The first kappa shape index (κ1) is 104. The van der Waals surface area contributed by atoms with E-state index in [1.165, 1.54) is 69.2 Å². The van der Waals surface area contributed by atoms with Gasteiger partial charge in [0.2, 0.25) is 47.3 Å². The SMILES string of the molecule is CC(=O)CCCC(=O)N1CCC(C(=O)NC(COCCC(=O)NCCCCCCOC2OC(COC(C)=O)C(OC(C)=O)C(C)C2NC(C)=O)(COCCC(=O)NCCCCCCOC2OC(COC(C)=O)C(OC(C)=O)C(C)C2NC(C)=O)COCCC(=O)NCCCCCCOC2OC(COC(C)=O)C(OC(C)=O)C(C)C2NC(C)=O)CC1. The Hall–Kier alpha value is -8.11. The second-order valence-electron chi connectivity index (χ2n) is 31.3. The van der Waals surface area contributed by atoms with E-state index >= 15 is 0 Å². The molecule has 684 valence electrons. The molecule has 15 unspecified atom stereocenters. The van der Waals surface area contributed by atoms with Gasteiger partial charge in [-0.25, -0.2) is 0 Å². The second-order valence-corrected chi connectivity index (χ2v) is 31.3. The average molecular weight is 1710 g/mol. The van der Waals surface area contributed by atoms with E-state index < -0.39 is 139 Å². The van der Waals surface area contributed by atoms with Crippen LogP contribution >= 0.6 is 0 Å². The number of likely N-dealkylation sites (tertiary alicyclic amines) is 1. The predicted octanol–water partition coefficient (Wildman–Crippen LogP) is 3.22. The zero-order valence-electron chi connectivity index (χ0n) is 72.6. The minimum absolute atomic E-state index is 0.0180. The molecule has 4 saturated heterocycles. The maximum absolute atomic E-state index is 14.6. The van der Waals surface area contributed by atoms with Crippen LogP contribution in [-0.4, -0.2) is 285 Å². The monoisotopic (exact) mass is 1710 g/mol. The van der Waals surface area contributed by atoms with Gasteiger partial charge in [-0.05, 0) is 64.7 Å². The van der Waals surface area contributed by atoms with Crippen molar-refractivity contribution in [3.8, 4) is 0 Å². The van der Waals surface area contributed by atoms with Gasteiger partial charge in [-0.2, -0.15) is 0 Å². The third kappa shape index (κ3) is 41.6. The summed E-state index contributed by atoms with van der Waals surface area (Å²) in [7, 11) is 0. The van der Waals surface area contributed by atoms with E-state index in [0.29, 0.717) is 129 Å². The molecule has 0 aromatic heterocycles. The maximum atomic E-state index is 14.6. The maximum Gasteiger partial charge on any atom is 0.303 e. The summed E-state index contributed by atoms with van der Waals surface area (Å²) in [6.45, 7) is 19.1. The Bertz CT molecular complexity index is 2950. The van der Waals surface area contributed by atoms with Gasteiger partial charge in [0, 0.05) is 171 Å². The van der Waals surface area contributed by atoms with Gasteiger partial charge in [-0.15, -0.1) is 0 Å². The van der Waals surface area contributed by atoms with Crippen LogP contribution in [0, 0.1) is 23.7 Å². The minimum Gasteiger partial charge on any atom is -0.463 e. The molecule has 120 heavy (non-hydrogen) atoms. The fourth-order valence-corrected chi connectivity index (χ4v) is 14.5. The summed E-state index contributed by atoms with van der Waals surface area (Å²) in [6, 6.07) is -2.06. The average Bonchev–Trinajstić information content (AvgIpc) is 0.792. The van der Waals surface area contributed by atoms with Crippen molar-refractivity contribution in [3.63, 3.8) is 0 Å². The number of nitrogens with zero attached hydrogens (tertiary/aromatic N) is 1. The van der Waals surface area contributed by atoms with E-state index in [-0.39, 0.29) is 164 Å². The summed E-state index contributed by atoms with van der Waals surface area (Å²) in [6.07, 6.45) is 1.29. The number of hydrogen-bond donors (Lipinski definition) is 7. The van der Waals surface area contributed by atoms with Gasteiger partial charge in [0.15, 0.2) is 18.9 Å². The van der Waals surface area contributed by atoms with Crippen molar-refractivity contribution < 1.29 is 143 Å². The molecule has 0 saturated carbocycles. The van der Waals surface area contributed by atoms with E-state index in [4.69, 9.17) is 71.1 Å². The molecule has 0 aliphatic carbocycles. The van der Waals surface area contributed by atoms with Crippen LogP contribution in [0.2, 0.25) is 0 Å². The van der Waals surface area contributed by atoms with Crippen molar-refractivity contribution in [2.24, 2.45) is 23.7 Å². The minimum atomic E-state index is -1.45. The smallest absolute Gasteiger partial charge is 0.303 e. The number of hydrogen-bond acceptors (Lipinski definition) is 30. The van der Waals surface area contributed by atoms with Crippen LogP contribution in [0.1, 0.15) is 218 Å². The normalized spacial score (nSPS) is 24.0. The van der Waals surface area contributed by atoms with E-state index in [9.17, 15) is 71.9 Å². The molecule has 15 atom stereocenters. The van der Waals surface area contributed by atoms with Crippen molar-refractivity contribution in [1.82, 2.24) is 42.1 Å². The lowest BCUT2D eigenvalue weighted by atomic mass is 9.88. The van der Waals surface area contributed by atoms with Crippen LogP contribution in [0.25, 0.3) is 0 Å². The summed E-state index contributed by atoms with van der Waals surface area (Å²) < 4.78 is 87.7. The van der Waals surface area contributed by atoms with E-state index in [1.807, 2.05) is 0 Å². The molecule has 0 aromatic carbocycles. The largest absolute Gasteiger partial charge is 0.463 e. The Morgan fingerprint density at radius 1 is 0.367 bits per heavy atom. The molecule has 8 amide bonds. The predicted molar refractivity (Wildman–Crippen MR) is 426 cm³/mol. The zero-order valence-corrected chi connectivity index (χ0v) is 72.6. The number of esters is 6. The fourth-order valence-electron chi connectivity index (χ4n) is 14.5. The number of piperidine rings is 1. The van der Waals surface area contributed by atoms with Crippen molar-refractivity contribution in [2.75, 3.05) is 112 Å². The van der Waals surface area contributed by atoms with Crippen molar-refractivity contribution in [2.45, 2.75) is 298 Å². The number of amides is 8. The molecule has 4 aliphatic heterocycles. The number of ether oxygens (including phenoxy) is 15. The summed E-state index contributed by atoms with van der Waals surface area (Å²) in [5, 5.41) is 20.4. The highest BCUT2D eigenvalue weighted by Gasteiger charge is 2.50. The highest BCUT2D eigenvalue weighted by atomic mass is 16.7. The van der Waals surface area contributed by atoms with Crippen molar-refractivity contribution in [3.05, 3.63) is 0 Å². The van der Waals surface area contributed by atoms with Crippen LogP contribution < -0.4 is 37.2 Å². The lowest BCUT2D eigenvalue weighted by Gasteiger charge is -2.44. The third-order valence-corrected chi connectivity index (χ3v) is 20.6. The van der Waals surface area contributed by atoms with Crippen LogP contribution in [0.3, 0.4) is 0 Å². The van der Waals surface area contributed by atoms with Crippen LogP contribution in [-0.2, 0) is 143 Å². The molecule has 0 spiro atoms. The lowest BCUT2D eigenvalue weighted by Crippen LogP contribution is -2.62. The van der Waals surface area contributed by atoms with E-state index in [1.54, 1.807) is 25.7 Å². The Morgan fingerprint density at radius 2 is 0.675 bits per heavy atom. The number of nitrogens with one attached hydrogen (secondary N) is 7. The van der Waals surface area contributed by atoms with E-state index in [0.717, 1.165) is 0 Å². The fraction of sp³-hybridized carbons (Fsp3) is 0.817. The van der Waals surface area contributed by atoms with Crippen molar-refractivity contribution in [1.29, 1.82) is 0 Å². The molecular formula is C82H136N8O30. The molecule has 0 radical (unpaired) electrons. The molecule has 4 heterocycles. The highest BCUT2D eigenvalue weighted by molar-refractivity contribution is 5.82. The number of carbonyl (C=O) groups excluding carboxylic acids is 15. The lowest BCUT2D eigenvalue weighted by molar-refractivity contribution is -0.262. The molecule has 38 nitrogen and oxygen atoms in total. The summed E-state index contributed by atoms with van der Waals surface area (Å²) in [5.74, 6) is -7.82. The number of rotatable bonds is 57. The molecule has 4 rings (SSSR count). The summed E-state index contributed by atoms with van der Waals surface area (Å²) in [4.78, 5) is 189. The molecular weight excluding hydrogens is 1580 g/mol. The number of unbranched alkanes of at least 4 members (excludes halogenated alkanes) is 9. The Labute approximate surface area is 704 Å². The first-order valence-electron chi connectivity index (χ1n) is 42.3. The zero-order chi connectivity index (χ0) is 88.7. The quantitative estimate of drug-likeness (QED) is 0.0261. The Kier molecular flexibility index (Phi) is 49.8. The molecule has 7 N–H and O–H groups in total. The molecule has 38 heteroatoms. The first-order chi connectivity index (χ1) is 57.1. The van der Waals surface area contributed by atoms with Crippen LogP contribution in [0.4, 0.5) is 0 Å². The standard InChI is InChI=1S/C82H136N8O30/c1-51(91)27-26-28-71(104)90-37-29-64(30-38-90)78(105)89-82(48-106-42-31-68(101)83-34-20-14-17-23-39-109-79-72(86-55(5)92)52(2)75(115-61(11)98)65(118-79)45-112-58(8)95,49-107-43-32-69(102)84-35-21-15-18-24-40-110-80-73(87-56(6)93)53(3)76(116-62(12)99)66(119-80)46-113-59(9)96)50-108-44-33-70(103)85-36-22-16-19-25-41-111-81-74(88-57(7)94)54(4)77(117-63(13)100)67(120-81)47-114-60(10)97/h52-54,64-67,72-77,79-81H,14-50H2,1-13H3,(H,83,101)(H,84,102)(H,85,103)(H,86,92)(H,87,93)(H,88,94)(H,89,105). The highest BCUT2D eigenvalue weighted by Crippen LogP contribution is 2.34. The van der Waals surface area contributed by atoms with Gasteiger partial charge in [0.05, 0.1) is 57.8 Å². The summed E-state index contributed by atoms with van der Waals surface area (Å²) >= 11 is 0. The second kappa shape index (κ2) is 57.3. The van der Waals surface area contributed by atoms with Crippen LogP contribution in [0.15, 0.2) is 0 Å². The van der Waals surface area contributed by atoms with Gasteiger partial charge in [-0.3, -0.25) is 67.1 Å². The number of ketones is 1. The third-order valence-electron chi connectivity index (χ3n) is 20.6. The number of carbonyl (C=O) groups is 15. The van der Waals surface area contributed by atoms with Gasteiger partial charge < -0.3 is 118 Å². The van der Waals surface area contributed by atoms with Gasteiger partial charge in [0.1, 0.15) is 67.8 Å².